The highest BCUT2D eigenvalue weighted by Gasteiger charge is 2.15. The molecule has 0 bridgehead atoms. The van der Waals surface area contributed by atoms with Crippen LogP contribution in [-0.2, 0) is 0 Å². The van der Waals surface area contributed by atoms with Gasteiger partial charge in [-0.3, -0.25) is 0 Å². The second-order valence-corrected chi connectivity index (χ2v) is 6.25. The van der Waals surface area contributed by atoms with Crippen LogP contribution in [0.5, 0.6) is 0 Å². The summed E-state index contributed by atoms with van der Waals surface area (Å²) in [4.78, 5) is 18.1. The van der Waals surface area contributed by atoms with Gasteiger partial charge in [0.25, 0.3) is 0 Å². The first kappa shape index (κ1) is 18.5. The van der Waals surface area contributed by atoms with Crippen LogP contribution in [0.25, 0.3) is 5.69 Å². The number of likely N-dealkylation sites (N-methyl/N-ethyl adjacent to an activating group) is 1. The SMILES string of the molecule is CN(C)C(CNC(=O)Nc1ccc(-n2cncn2)cc1)c1ccc(F)cc1. The van der Waals surface area contributed by atoms with Gasteiger partial charge < -0.3 is 15.5 Å². The molecule has 0 saturated heterocycles. The van der Waals surface area contributed by atoms with Gasteiger partial charge in [-0.2, -0.15) is 5.10 Å². The third-order valence-corrected chi connectivity index (χ3v) is 4.14. The molecule has 140 valence electrons. The smallest absolute Gasteiger partial charge is 0.319 e. The van der Waals surface area contributed by atoms with Crippen molar-refractivity contribution in [3.63, 3.8) is 0 Å². The maximum absolute atomic E-state index is 13.1. The van der Waals surface area contributed by atoms with E-state index in [1.807, 2.05) is 31.1 Å². The second-order valence-electron chi connectivity index (χ2n) is 6.25. The van der Waals surface area contributed by atoms with E-state index in [9.17, 15) is 9.18 Å². The summed E-state index contributed by atoms with van der Waals surface area (Å²) in [6.45, 7) is 0.390. The first-order valence-corrected chi connectivity index (χ1v) is 8.45. The fourth-order valence-electron chi connectivity index (χ4n) is 2.69. The molecule has 2 N–H and O–H groups in total. The molecule has 0 radical (unpaired) electrons. The van der Waals surface area contributed by atoms with E-state index in [1.54, 1.807) is 35.3 Å². The van der Waals surface area contributed by atoms with E-state index in [4.69, 9.17) is 0 Å². The minimum Gasteiger partial charge on any atom is -0.336 e. The summed E-state index contributed by atoms with van der Waals surface area (Å²) in [5.74, 6) is -0.281. The molecule has 1 aromatic heterocycles. The molecule has 0 aliphatic heterocycles. The van der Waals surface area contributed by atoms with E-state index < -0.39 is 0 Å². The Morgan fingerprint density at radius 1 is 1.15 bits per heavy atom. The summed E-state index contributed by atoms with van der Waals surface area (Å²) in [5.41, 5.74) is 2.45. The van der Waals surface area contributed by atoms with E-state index in [1.165, 1.54) is 18.5 Å². The maximum atomic E-state index is 13.1. The van der Waals surface area contributed by atoms with Crippen molar-refractivity contribution in [3.05, 3.63) is 72.6 Å². The molecule has 0 spiro atoms. The average Bonchev–Trinajstić information content (AvgIpc) is 3.18. The first-order valence-electron chi connectivity index (χ1n) is 8.45. The molecule has 1 heterocycles. The van der Waals surface area contributed by atoms with E-state index in [0.29, 0.717) is 12.2 Å². The number of carbonyl (C=O) groups excluding carboxylic acids is 1. The van der Waals surface area contributed by atoms with Crippen molar-refractivity contribution in [2.75, 3.05) is 26.0 Å². The summed E-state index contributed by atoms with van der Waals surface area (Å²) in [6.07, 6.45) is 3.06. The number of hydrogen-bond acceptors (Lipinski definition) is 4. The van der Waals surface area contributed by atoms with Crippen LogP contribution in [0.1, 0.15) is 11.6 Å². The number of halogens is 1. The zero-order chi connectivity index (χ0) is 19.2. The first-order chi connectivity index (χ1) is 13.0. The topological polar surface area (TPSA) is 75.1 Å². The predicted molar refractivity (Wildman–Crippen MR) is 101 cm³/mol. The largest absolute Gasteiger partial charge is 0.336 e. The van der Waals surface area contributed by atoms with Crippen LogP contribution in [0.15, 0.2) is 61.2 Å². The lowest BCUT2D eigenvalue weighted by Gasteiger charge is -2.25. The maximum Gasteiger partial charge on any atom is 0.319 e. The third kappa shape index (κ3) is 4.89. The molecule has 0 aliphatic rings. The van der Waals surface area contributed by atoms with Crippen molar-refractivity contribution >= 4 is 11.7 Å². The molecule has 27 heavy (non-hydrogen) atoms. The molecule has 1 atom stereocenters. The Kier molecular flexibility index (Phi) is 5.77. The second kappa shape index (κ2) is 8.41. The Morgan fingerprint density at radius 3 is 2.44 bits per heavy atom. The molecule has 1 unspecified atom stereocenters. The van der Waals surface area contributed by atoms with Crippen LogP contribution in [-0.4, -0.2) is 46.3 Å². The lowest BCUT2D eigenvalue weighted by atomic mass is 10.1. The van der Waals surface area contributed by atoms with Gasteiger partial charge in [-0.15, -0.1) is 0 Å². The van der Waals surface area contributed by atoms with Gasteiger partial charge in [-0.25, -0.2) is 18.9 Å². The minimum atomic E-state index is -0.308. The van der Waals surface area contributed by atoms with Gasteiger partial charge in [0.05, 0.1) is 11.7 Å². The van der Waals surface area contributed by atoms with Crippen LogP contribution >= 0.6 is 0 Å². The number of anilines is 1. The molecule has 3 rings (SSSR count). The van der Waals surface area contributed by atoms with Gasteiger partial charge in [0.15, 0.2) is 0 Å². The molecule has 0 aliphatic carbocycles. The van der Waals surface area contributed by atoms with Gasteiger partial charge in [0.2, 0.25) is 0 Å². The van der Waals surface area contributed by atoms with E-state index in [-0.39, 0.29) is 17.9 Å². The molecule has 0 fully saturated rings. The number of nitrogens with zero attached hydrogens (tertiary/aromatic N) is 4. The highest BCUT2D eigenvalue weighted by Crippen LogP contribution is 2.18. The average molecular weight is 368 g/mol. The van der Waals surface area contributed by atoms with E-state index >= 15 is 0 Å². The van der Waals surface area contributed by atoms with Crippen LogP contribution in [0, 0.1) is 5.82 Å². The van der Waals surface area contributed by atoms with Crippen LogP contribution in [0.3, 0.4) is 0 Å². The van der Waals surface area contributed by atoms with Crippen molar-refractivity contribution < 1.29 is 9.18 Å². The van der Waals surface area contributed by atoms with Crippen molar-refractivity contribution in [2.24, 2.45) is 0 Å². The molecule has 2 aromatic carbocycles. The van der Waals surface area contributed by atoms with Crippen LogP contribution in [0.4, 0.5) is 14.9 Å². The van der Waals surface area contributed by atoms with E-state index in [2.05, 4.69) is 20.7 Å². The van der Waals surface area contributed by atoms with Crippen LogP contribution < -0.4 is 10.6 Å². The number of aromatic nitrogens is 3. The number of hydrogen-bond donors (Lipinski definition) is 2. The number of urea groups is 1. The highest BCUT2D eigenvalue weighted by molar-refractivity contribution is 5.89. The molecular formula is C19H21FN6O. The number of amides is 2. The van der Waals surface area contributed by atoms with E-state index in [0.717, 1.165) is 11.3 Å². The standard InChI is InChI=1S/C19H21FN6O/c1-25(2)18(14-3-5-15(20)6-4-14)11-22-19(27)24-16-7-9-17(10-8-16)26-13-21-12-23-26/h3-10,12-13,18H,11H2,1-2H3,(H2,22,24,27). The van der Waals surface area contributed by atoms with Gasteiger partial charge in [0, 0.05) is 12.2 Å². The monoisotopic (exact) mass is 368 g/mol. The molecule has 7 nitrogen and oxygen atoms in total. The number of rotatable bonds is 6. The summed E-state index contributed by atoms with van der Waals surface area (Å²) >= 11 is 0. The fourth-order valence-corrected chi connectivity index (χ4v) is 2.69. The summed E-state index contributed by atoms with van der Waals surface area (Å²) in [7, 11) is 3.83. The van der Waals surface area contributed by atoms with Crippen molar-refractivity contribution in [2.45, 2.75) is 6.04 Å². The summed E-state index contributed by atoms with van der Waals surface area (Å²) in [5, 5.41) is 9.70. The third-order valence-electron chi connectivity index (χ3n) is 4.14. The van der Waals surface area contributed by atoms with Gasteiger partial charge >= 0.3 is 6.03 Å². The number of carbonyl (C=O) groups is 1. The van der Waals surface area contributed by atoms with Gasteiger partial charge in [0.1, 0.15) is 18.5 Å². The highest BCUT2D eigenvalue weighted by atomic mass is 19.1. The van der Waals surface area contributed by atoms with Crippen LogP contribution in [0.2, 0.25) is 0 Å². The zero-order valence-electron chi connectivity index (χ0n) is 15.1. The molecule has 0 saturated carbocycles. The Hall–Kier alpha value is -3.26. The predicted octanol–water partition coefficient (Wildman–Crippen LogP) is 2.83. The Morgan fingerprint density at radius 2 is 1.85 bits per heavy atom. The fraction of sp³-hybridized carbons (Fsp3) is 0.211. The molecule has 3 aromatic rings. The Balaban J connectivity index is 1.57. The van der Waals surface area contributed by atoms with Crippen molar-refractivity contribution in [1.29, 1.82) is 0 Å². The van der Waals surface area contributed by atoms with Crippen molar-refractivity contribution in [3.8, 4) is 5.69 Å². The summed E-state index contributed by atoms with van der Waals surface area (Å²) in [6, 6.07) is 13.2. The number of nitrogens with one attached hydrogen (secondary N) is 2. The Labute approximate surface area is 156 Å². The van der Waals surface area contributed by atoms with Gasteiger partial charge in [-0.05, 0) is 56.1 Å². The van der Waals surface area contributed by atoms with Gasteiger partial charge in [-0.1, -0.05) is 12.1 Å². The molecule has 2 amide bonds. The summed E-state index contributed by atoms with van der Waals surface area (Å²) < 4.78 is 14.8. The lowest BCUT2D eigenvalue weighted by molar-refractivity contribution is 0.243. The Bertz CT molecular complexity index is 862. The zero-order valence-corrected chi connectivity index (χ0v) is 15.1. The molecule has 8 heteroatoms. The minimum absolute atomic E-state index is 0.0639. The quantitative estimate of drug-likeness (QED) is 0.702. The normalized spacial score (nSPS) is 12.0. The van der Waals surface area contributed by atoms with Crippen molar-refractivity contribution in [1.82, 2.24) is 25.0 Å². The molecular weight excluding hydrogens is 347 g/mol. The lowest BCUT2D eigenvalue weighted by Crippen LogP contribution is -2.36. The number of benzene rings is 2.